The molecule has 0 unspecified atom stereocenters. The summed E-state index contributed by atoms with van der Waals surface area (Å²) in [5, 5.41) is 0. The van der Waals surface area contributed by atoms with Gasteiger partial charge >= 0.3 is 0 Å². The molecule has 0 aliphatic carbocycles. The van der Waals surface area contributed by atoms with E-state index < -0.39 is 0 Å². The van der Waals surface area contributed by atoms with Crippen LogP contribution in [0.15, 0.2) is 39.2 Å². The first-order valence-electron chi connectivity index (χ1n) is 10.3. The molecule has 3 rings (SSSR count). The van der Waals surface area contributed by atoms with Crippen LogP contribution in [-0.4, -0.2) is 27.9 Å². The van der Waals surface area contributed by atoms with E-state index in [0.29, 0.717) is 23.9 Å². The van der Waals surface area contributed by atoms with Gasteiger partial charge in [-0.05, 0) is 77.7 Å². The molecule has 0 saturated carbocycles. The van der Waals surface area contributed by atoms with Gasteiger partial charge < -0.3 is 23.4 Å². The third-order valence-electron chi connectivity index (χ3n) is 5.32. The number of benzene rings is 2. The minimum absolute atomic E-state index is 0.553. The van der Waals surface area contributed by atoms with Crippen LogP contribution in [0.1, 0.15) is 30.9 Å². The Bertz CT molecular complexity index is 1030. The predicted octanol–water partition coefficient (Wildman–Crippen LogP) is 7.20. The Kier molecular flexibility index (Phi) is 7.55. The van der Waals surface area contributed by atoms with E-state index in [9.17, 15) is 0 Å². The second-order valence-corrected chi connectivity index (χ2v) is 8.13. The molecule has 0 fully saturated rings. The number of hydrogen-bond donors (Lipinski definition) is 0. The Hall–Kier alpha value is -2.60. The lowest BCUT2D eigenvalue weighted by Crippen LogP contribution is -1.97. The molecule has 0 aliphatic heterocycles. The van der Waals surface area contributed by atoms with Crippen LogP contribution in [-0.2, 0) is 0 Å². The van der Waals surface area contributed by atoms with Crippen molar-refractivity contribution < 1.29 is 23.4 Å². The maximum atomic E-state index is 6.37. The van der Waals surface area contributed by atoms with Gasteiger partial charge in [-0.15, -0.1) is 0 Å². The quantitative estimate of drug-likeness (QED) is 0.298. The highest BCUT2D eigenvalue weighted by Crippen LogP contribution is 2.44. The van der Waals surface area contributed by atoms with Crippen LogP contribution in [0.4, 0.5) is 0 Å². The predicted molar refractivity (Wildman–Crippen MR) is 127 cm³/mol. The standard InChI is InChI=1S/C25H29BrO5/c1-7-8-11-30-20-10-9-17(12-19(20)26)23-15(2)16(3)24(31-23)18-13-21(27-4)25(29-6)22(14-18)28-5/h9-10,12-14H,7-8,11H2,1-6H3. The highest BCUT2D eigenvalue weighted by Gasteiger charge is 2.21. The van der Waals surface area contributed by atoms with Crippen LogP contribution in [0.3, 0.4) is 0 Å². The van der Waals surface area contributed by atoms with Gasteiger partial charge in [-0.1, -0.05) is 13.3 Å². The Morgan fingerprint density at radius 1 is 0.806 bits per heavy atom. The van der Waals surface area contributed by atoms with Gasteiger partial charge in [0.05, 0.1) is 32.4 Å². The average molecular weight is 489 g/mol. The SMILES string of the molecule is CCCCOc1ccc(-c2oc(-c3cc(OC)c(OC)c(OC)c3)c(C)c2C)cc1Br. The van der Waals surface area contributed by atoms with Crippen molar-refractivity contribution >= 4 is 15.9 Å². The molecule has 0 bridgehead atoms. The van der Waals surface area contributed by atoms with E-state index in [0.717, 1.165) is 56.8 Å². The first-order valence-corrected chi connectivity index (χ1v) is 11.1. The van der Waals surface area contributed by atoms with Crippen LogP contribution < -0.4 is 18.9 Å². The summed E-state index contributed by atoms with van der Waals surface area (Å²) < 4.78 is 29.6. The Balaban J connectivity index is 2.02. The van der Waals surface area contributed by atoms with E-state index in [1.54, 1.807) is 21.3 Å². The van der Waals surface area contributed by atoms with Gasteiger partial charge in [0.2, 0.25) is 5.75 Å². The Labute approximate surface area is 192 Å². The maximum Gasteiger partial charge on any atom is 0.203 e. The number of halogens is 1. The molecule has 5 nitrogen and oxygen atoms in total. The summed E-state index contributed by atoms with van der Waals surface area (Å²) in [6.45, 7) is 6.97. The van der Waals surface area contributed by atoms with Crippen molar-refractivity contribution in [3.8, 4) is 45.6 Å². The van der Waals surface area contributed by atoms with Crippen molar-refractivity contribution in [2.75, 3.05) is 27.9 Å². The summed E-state index contributed by atoms with van der Waals surface area (Å²) >= 11 is 3.63. The topological polar surface area (TPSA) is 50.1 Å². The van der Waals surface area contributed by atoms with Gasteiger partial charge in [-0.3, -0.25) is 0 Å². The Morgan fingerprint density at radius 2 is 1.42 bits per heavy atom. The summed E-state index contributed by atoms with van der Waals surface area (Å²) in [5.74, 6) is 4.15. The molecule has 0 N–H and O–H groups in total. The van der Waals surface area contributed by atoms with E-state index >= 15 is 0 Å². The number of ether oxygens (including phenoxy) is 4. The van der Waals surface area contributed by atoms with Crippen LogP contribution >= 0.6 is 15.9 Å². The van der Waals surface area contributed by atoms with E-state index in [2.05, 4.69) is 36.7 Å². The zero-order valence-corrected chi connectivity index (χ0v) is 20.5. The van der Waals surface area contributed by atoms with E-state index in [-0.39, 0.29) is 0 Å². The number of rotatable bonds is 9. The summed E-state index contributed by atoms with van der Waals surface area (Å²) in [5.41, 5.74) is 3.98. The minimum Gasteiger partial charge on any atom is -0.493 e. The fraction of sp³-hybridized carbons (Fsp3) is 0.360. The van der Waals surface area contributed by atoms with Crippen molar-refractivity contribution in [3.05, 3.63) is 45.9 Å². The van der Waals surface area contributed by atoms with Crippen molar-refractivity contribution in [1.29, 1.82) is 0 Å². The summed E-state index contributed by atoms with van der Waals surface area (Å²) in [6.07, 6.45) is 2.13. The molecule has 0 amide bonds. The van der Waals surface area contributed by atoms with Gasteiger partial charge in [0.15, 0.2) is 11.5 Å². The van der Waals surface area contributed by atoms with E-state index in [4.69, 9.17) is 23.4 Å². The van der Waals surface area contributed by atoms with Gasteiger partial charge in [0, 0.05) is 11.1 Å². The fourth-order valence-corrected chi connectivity index (χ4v) is 3.94. The molecular formula is C25H29BrO5. The number of hydrogen-bond acceptors (Lipinski definition) is 5. The summed E-state index contributed by atoms with van der Waals surface area (Å²) in [7, 11) is 4.80. The summed E-state index contributed by atoms with van der Waals surface area (Å²) in [6, 6.07) is 9.83. The van der Waals surface area contributed by atoms with Crippen molar-refractivity contribution in [2.45, 2.75) is 33.6 Å². The molecule has 0 radical (unpaired) electrons. The first-order chi connectivity index (χ1) is 14.9. The summed E-state index contributed by atoms with van der Waals surface area (Å²) in [4.78, 5) is 0. The monoisotopic (exact) mass is 488 g/mol. The molecule has 0 saturated heterocycles. The molecule has 0 aliphatic rings. The lowest BCUT2D eigenvalue weighted by atomic mass is 10.0. The molecule has 6 heteroatoms. The molecule has 0 atom stereocenters. The molecule has 31 heavy (non-hydrogen) atoms. The number of methoxy groups -OCH3 is 3. The lowest BCUT2D eigenvalue weighted by Gasteiger charge is -2.13. The smallest absolute Gasteiger partial charge is 0.203 e. The zero-order valence-electron chi connectivity index (χ0n) is 18.9. The molecule has 0 spiro atoms. The third kappa shape index (κ3) is 4.69. The van der Waals surface area contributed by atoms with Crippen LogP contribution in [0.2, 0.25) is 0 Å². The van der Waals surface area contributed by atoms with Gasteiger partial charge in [-0.2, -0.15) is 0 Å². The van der Waals surface area contributed by atoms with E-state index in [1.807, 2.05) is 30.3 Å². The average Bonchev–Trinajstić information content (AvgIpc) is 3.08. The highest BCUT2D eigenvalue weighted by molar-refractivity contribution is 9.10. The third-order valence-corrected chi connectivity index (χ3v) is 5.94. The first kappa shape index (κ1) is 23.1. The normalized spacial score (nSPS) is 10.8. The molecule has 3 aromatic rings. The Morgan fingerprint density at radius 3 is 1.94 bits per heavy atom. The molecule has 1 heterocycles. The zero-order chi connectivity index (χ0) is 22.5. The van der Waals surface area contributed by atoms with Crippen LogP contribution in [0.25, 0.3) is 22.6 Å². The van der Waals surface area contributed by atoms with Crippen LogP contribution in [0.5, 0.6) is 23.0 Å². The largest absolute Gasteiger partial charge is 0.493 e. The number of unbranched alkanes of at least 4 members (excludes halogenated alkanes) is 1. The van der Waals surface area contributed by atoms with Crippen LogP contribution in [0, 0.1) is 13.8 Å². The molecule has 1 aromatic heterocycles. The lowest BCUT2D eigenvalue weighted by molar-refractivity contribution is 0.307. The fourth-order valence-electron chi connectivity index (χ4n) is 3.44. The van der Waals surface area contributed by atoms with Gasteiger partial charge in [0.25, 0.3) is 0 Å². The molecule has 166 valence electrons. The second-order valence-electron chi connectivity index (χ2n) is 7.27. The van der Waals surface area contributed by atoms with Gasteiger partial charge in [-0.25, -0.2) is 0 Å². The molecular weight excluding hydrogens is 460 g/mol. The minimum atomic E-state index is 0.553. The molecule has 2 aromatic carbocycles. The maximum absolute atomic E-state index is 6.37. The van der Waals surface area contributed by atoms with Crippen molar-refractivity contribution in [2.24, 2.45) is 0 Å². The highest BCUT2D eigenvalue weighted by atomic mass is 79.9. The van der Waals surface area contributed by atoms with Gasteiger partial charge in [0.1, 0.15) is 17.3 Å². The van der Waals surface area contributed by atoms with Crippen molar-refractivity contribution in [1.82, 2.24) is 0 Å². The number of furan rings is 1. The second kappa shape index (κ2) is 10.1. The van der Waals surface area contributed by atoms with Crippen molar-refractivity contribution in [3.63, 3.8) is 0 Å². The van der Waals surface area contributed by atoms with E-state index in [1.165, 1.54) is 0 Å².